The average molecular weight is 265 g/mol. The molecule has 0 spiro atoms. The van der Waals surface area contributed by atoms with Crippen molar-refractivity contribution in [1.29, 1.82) is 0 Å². The number of fused-ring (bicyclic) bond motifs is 1. The second-order valence-electron chi connectivity index (χ2n) is 4.64. The Labute approximate surface area is 109 Å². The number of hydrogen-bond acceptors (Lipinski definition) is 3. The van der Waals surface area contributed by atoms with Crippen LogP contribution in [0.25, 0.3) is 11.0 Å². The van der Waals surface area contributed by atoms with E-state index in [2.05, 4.69) is 9.97 Å². The second-order valence-corrected chi connectivity index (χ2v) is 5.05. The minimum Gasteiger partial charge on any atom is -0.370 e. The van der Waals surface area contributed by atoms with E-state index in [1.807, 2.05) is 6.92 Å². The van der Waals surface area contributed by atoms with E-state index < -0.39 is 0 Å². The van der Waals surface area contributed by atoms with Gasteiger partial charge in [0.2, 0.25) is 0 Å². The van der Waals surface area contributed by atoms with E-state index in [0.29, 0.717) is 28.2 Å². The molecule has 3 heterocycles. The van der Waals surface area contributed by atoms with Crippen LogP contribution in [0.5, 0.6) is 0 Å². The van der Waals surface area contributed by atoms with Crippen LogP contribution in [0.3, 0.4) is 0 Å². The van der Waals surface area contributed by atoms with Gasteiger partial charge in [0.15, 0.2) is 5.78 Å². The van der Waals surface area contributed by atoms with Crippen LogP contribution in [-0.2, 0) is 4.74 Å². The number of aromatic amines is 1. The molecule has 0 aromatic carbocycles. The molecule has 3 rings (SSSR count). The lowest BCUT2D eigenvalue weighted by atomic mass is 9.96. The number of nitrogens with zero attached hydrogens (tertiary/aromatic N) is 1. The summed E-state index contributed by atoms with van der Waals surface area (Å²) < 4.78 is 5.51. The molecule has 0 radical (unpaired) electrons. The summed E-state index contributed by atoms with van der Waals surface area (Å²) in [5.41, 5.74) is 1.21. The van der Waals surface area contributed by atoms with Gasteiger partial charge in [-0.05, 0) is 18.4 Å². The molecule has 0 bridgehead atoms. The summed E-state index contributed by atoms with van der Waals surface area (Å²) in [7, 11) is 0. The Hall–Kier alpha value is -1.39. The minimum atomic E-state index is -0.361. The molecule has 1 aliphatic rings. The summed E-state index contributed by atoms with van der Waals surface area (Å²) in [6.45, 7) is 2.68. The van der Waals surface area contributed by atoms with Crippen LogP contribution in [-0.4, -0.2) is 28.5 Å². The molecule has 2 atom stereocenters. The van der Waals surface area contributed by atoms with Crippen molar-refractivity contribution in [2.45, 2.75) is 19.4 Å². The SMILES string of the molecule is CC1CCOC1C(=O)c1c[nH]c2nccc(Cl)c12. The predicted octanol–water partition coefficient (Wildman–Crippen LogP) is 2.82. The van der Waals surface area contributed by atoms with Gasteiger partial charge in [-0.3, -0.25) is 4.79 Å². The van der Waals surface area contributed by atoms with E-state index in [0.717, 1.165) is 6.42 Å². The molecule has 94 valence electrons. The van der Waals surface area contributed by atoms with Crippen LogP contribution < -0.4 is 0 Å². The number of pyridine rings is 1. The fraction of sp³-hybridized carbons (Fsp3) is 0.385. The molecule has 18 heavy (non-hydrogen) atoms. The van der Waals surface area contributed by atoms with E-state index >= 15 is 0 Å². The largest absolute Gasteiger partial charge is 0.370 e. The molecule has 1 aliphatic heterocycles. The Kier molecular flexibility index (Phi) is 2.84. The van der Waals surface area contributed by atoms with Crippen molar-refractivity contribution in [3.8, 4) is 0 Å². The molecule has 2 aromatic rings. The third-order valence-corrected chi connectivity index (χ3v) is 3.75. The van der Waals surface area contributed by atoms with E-state index in [9.17, 15) is 4.79 Å². The van der Waals surface area contributed by atoms with E-state index in [4.69, 9.17) is 16.3 Å². The van der Waals surface area contributed by atoms with Gasteiger partial charge in [-0.25, -0.2) is 4.98 Å². The maximum Gasteiger partial charge on any atom is 0.194 e. The van der Waals surface area contributed by atoms with E-state index in [1.165, 1.54) is 0 Å². The highest BCUT2D eigenvalue weighted by Crippen LogP contribution is 2.29. The monoisotopic (exact) mass is 264 g/mol. The zero-order valence-corrected chi connectivity index (χ0v) is 10.7. The van der Waals surface area contributed by atoms with Gasteiger partial charge >= 0.3 is 0 Å². The van der Waals surface area contributed by atoms with Crippen molar-refractivity contribution in [2.24, 2.45) is 5.92 Å². The molecule has 0 saturated carbocycles. The normalized spacial score (nSPS) is 23.7. The van der Waals surface area contributed by atoms with Gasteiger partial charge in [0.05, 0.1) is 5.02 Å². The van der Waals surface area contributed by atoms with Crippen LogP contribution in [0.2, 0.25) is 5.02 Å². The smallest absolute Gasteiger partial charge is 0.194 e. The summed E-state index contributed by atoms with van der Waals surface area (Å²) in [5, 5.41) is 1.22. The first-order valence-corrected chi connectivity index (χ1v) is 6.33. The van der Waals surface area contributed by atoms with Gasteiger partial charge in [0.1, 0.15) is 11.8 Å². The zero-order chi connectivity index (χ0) is 12.7. The third kappa shape index (κ3) is 1.72. The molecule has 1 saturated heterocycles. The molecule has 4 nitrogen and oxygen atoms in total. The first-order chi connectivity index (χ1) is 8.68. The molecular weight excluding hydrogens is 252 g/mol. The zero-order valence-electron chi connectivity index (χ0n) is 9.94. The van der Waals surface area contributed by atoms with Gasteiger partial charge in [0.25, 0.3) is 0 Å². The number of aromatic nitrogens is 2. The number of hydrogen-bond donors (Lipinski definition) is 1. The Bertz CT molecular complexity index is 608. The summed E-state index contributed by atoms with van der Waals surface area (Å²) >= 11 is 6.14. The van der Waals surface area contributed by atoms with Crippen molar-refractivity contribution in [2.75, 3.05) is 6.61 Å². The highest BCUT2D eigenvalue weighted by molar-refractivity contribution is 6.36. The van der Waals surface area contributed by atoms with E-state index in [-0.39, 0.29) is 17.8 Å². The topological polar surface area (TPSA) is 55.0 Å². The quantitative estimate of drug-likeness (QED) is 0.849. The third-order valence-electron chi connectivity index (χ3n) is 3.43. The number of nitrogens with one attached hydrogen (secondary N) is 1. The van der Waals surface area contributed by atoms with Crippen molar-refractivity contribution < 1.29 is 9.53 Å². The Morgan fingerprint density at radius 1 is 1.61 bits per heavy atom. The molecule has 2 unspecified atom stereocenters. The first-order valence-electron chi connectivity index (χ1n) is 5.96. The first kappa shape index (κ1) is 11.7. The fourth-order valence-electron chi connectivity index (χ4n) is 2.39. The molecule has 1 N–H and O–H groups in total. The lowest BCUT2D eigenvalue weighted by Crippen LogP contribution is -2.25. The lowest BCUT2D eigenvalue weighted by Gasteiger charge is -2.12. The van der Waals surface area contributed by atoms with Gasteiger partial charge in [0, 0.05) is 30.0 Å². The molecule has 1 fully saturated rings. The number of ketones is 1. The maximum atomic E-state index is 12.5. The maximum absolute atomic E-state index is 12.5. The summed E-state index contributed by atoms with van der Waals surface area (Å²) in [4.78, 5) is 19.6. The Balaban J connectivity index is 2.07. The van der Waals surface area contributed by atoms with Gasteiger partial charge < -0.3 is 9.72 Å². The van der Waals surface area contributed by atoms with Crippen LogP contribution >= 0.6 is 11.6 Å². The lowest BCUT2D eigenvalue weighted by molar-refractivity contribution is 0.0581. The van der Waals surface area contributed by atoms with Gasteiger partial charge in [-0.15, -0.1) is 0 Å². The minimum absolute atomic E-state index is 0.0128. The highest BCUT2D eigenvalue weighted by atomic mass is 35.5. The van der Waals surface area contributed by atoms with Crippen molar-refractivity contribution in [1.82, 2.24) is 9.97 Å². The number of halogens is 1. The number of rotatable bonds is 2. The summed E-state index contributed by atoms with van der Waals surface area (Å²) in [6.07, 6.45) is 3.84. The fourth-order valence-corrected chi connectivity index (χ4v) is 2.64. The Morgan fingerprint density at radius 2 is 2.44 bits per heavy atom. The standard InChI is InChI=1S/C13H13ClN2O2/c1-7-3-5-18-12(7)11(17)8-6-16-13-10(8)9(14)2-4-15-13/h2,4,6-7,12H,3,5H2,1H3,(H,15,16). The van der Waals surface area contributed by atoms with Crippen molar-refractivity contribution in [3.63, 3.8) is 0 Å². The number of carbonyl (C=O) groups excluding carboxylic acids is 1. The Morgan fingerprint density at radius 3 is 3.17 bits per heavy atom. The van der Waals surface area contributed by atoms with Gasteiger partial charge in [-0.2, -0.15) is 0 Å². The molecule has 2 aromatic heterocycles. The van der Waals surface area contributed by atoms with Gasteiger partial charge in [-0.1, -0.05) is 18.5 Å². The van der Waals surface area contributed by atoms with Crippen LogP contribution in [0.15, 0.2) is 18.5 Å². The van der Waals surface area contributed by atoms with Crippen molar-refractivity contribution in [3.05, 3.63) is 29.0 Å². The molecule has 0 amide bonds. The van der Waals surface area contributed by atoms with Crippen LogP contribution in [0.1, 0.15) is 23.7 Å². The summed E-state index contributed by atoms with van der Waals surface area (Å²) in [6, 6.07) is 1.69. The van der Waals surface area contributed by atoms with Crippen LogP contribution in [0.4, 0.5) is 0 Å². The van der Waals surface area contributed by atoms with Crippen molar-refractivity contribution >= 4 is 28.4 Å². The molecule has 0 aliphatic carbocycles. The average Bonchev–Trinajstić information content (AvgIpc) is 2.95. The molecular formula is C13H13ClN2O2. The van der Waals surface area contributed by atoms with E-state index in [1.54, 1.807) is 18.5 Å². The number of Topliss-reactive ketones (excluding diaryl/α,β-unsaturated/α-hetero) is 1. The molecule has 5 heteroatoms. The number of ether oxygens (including phenoxy) is 1. The number of H-pyrrole nitrogens is 1. The van der Waals surface area contributed by atoms with Crippen LogP contribution in [0, 0.1) is 5.92 Å². The highest BCUT2D eigenvalue weighted by Gasteiger charge is 2.33. The second kappa shape index (κ2) is 4.37. The summed E-state index contributed by atoms with van der Waals surface area (Å²) in [5.74, 6) is 0.235. The number of carbonyl (C=O) groups is 1. The predicted molar refractivity (Wildman–Crippen MR) is 69.0 cm³/mol.